The molecular formula is C23H36N2O5. The number of aliphatic carboxylic acids is 1. The van der Waals surface area contributed by atoms with E-state index >= 15 is 0 Å². The van der Waals surface area contributed by atoms with Crippen molar-refractivity contribution >= 4 is 11.9 Å². The standard InChI is InChI=1S/C23H36N2O5/c1-5-7-19(8-6-2)25(14-17-9-10-20(29-3)21(13-17)30-4)22(26)16-24-12-11-18(15-24)23(27)28/h9-10,13,18-19H,5-8,11-12,14-16H2,1-4H3,(H,27,28). The van der Waals surface area contributed by atoms with Gasteiger partial charge in [0.25, 0.3) is 0 Å². The van der Waals surface area contributed by atoms with Crippen LogP contribution in [-0.4, -0.2) is 66.7 Å². The summed E-state index contributed by atoms with van der Waals surface area (Å²) in [4.78, 5) is 28.5. The predicted octanol–water partition coefficient (Wildman–Crippen LogP) is 3.41. The molecule has 0 aromatic heterocycles. The van der Waals surface area contributed by atoms with Gasteiger partial charge in [0.1, 0.15) is 0 Å². The Morgan fingerprint density at radius 3 is 2.37 bits per heavy atom. The summed E-state index contributed by atoms with van der Waals surface area (Å²) in [5.41, 5.74) is 0.989. The summed E-state index contributed by atoms with van der Waals surface area (Å²) in [6.45, 7) is 6.14. The maximum atomic E-state index is 13.3. The van der Waals surface area contributed by atoms with Crippen molar-refractivity contribution in [2.24, 2.45) is 5.92 Å². The van der Waals surface area contributed by atoms with Crippen molar-refractivity contribution in [3.8, 4) is 11.5 Å². The largest absolute Gasteiger partial charge is 0.493 e. The second-order valence-electron chi connectivity index (χ2n) is 8.00. The Kier molecular flexibility index (Phi) is 9.43. The van der Waals surface area contributed by atoms with Crippen LogP contribution in [-0.2, 0) is 16.1 Å². The van der Waals surface area contributed by atoms with Crippen LogP contribution in [0.2, 0.25) is 0 Å². The molecule has 1 aliphatic heterocycles. The molecule has 0 bridgehead atoms. The molecule has 1 amide bonds. The predicted molar refractivity (Wildman–Crippen MR) is 116 cm³/mol. The number of ether oxygens (including phenoxy) is 2. The lowest BCUT2D eigenvalue weighted by atomic mass is 10.0. The maximum Gasteiger partial charge on any atom is 0.307 e. The molecule has 1 aromatic rings. The van der Waals surface area contributed by atoms with Gasteiger partial charge in [-0.05, 0) is 43.5 Å². The number of carbonyl (C=O) groups excluding carboxylic acids is 1. The van der Waals surface area contributed by atoms with Crippen LogP contribution in [0.25, 0.3) is 0 Å². The Morgan fingerprint density at radius 1 is 1.17 bits per heavy atom. The van der Waals surface area contributed by atoms with Crippen LogP contribution in [0, 0.1) is 5.92 Å². The third kappa shape index (κ3) is 6.36. The number of rotatable bonds is 12. The summed E-state index contributed by atoms with van der Waals surface area (Å²) >= 11 is 0. The molecule has 1 heterocycles. The number of carbonyl (C=O) groups is 2. The smallest absolute Gasteiger partial charge is 0.307 e. The lowest BCUT2D eigenvalue weighted by Crippen LogP contribution is -2.45. The monoisotopic (exact) mass is 420 g/mol. The van der Waals surface area contributed by atoms with Crippen LogP contribution in [0.15, 0.2) is 18.2 Å². The fourth-order valence-corrected chi connectivity index (χ4v) is 4.18. The first-order chi connectivity index (χ1) is 14.4. The second kappa shape index (κ2) is 11.8. The van der Waals surface area contributed by atoms with Gasteiger partial charge >= 0.3 is 5.97 Å². The fraction of sp³-hybridized carbons (Fsp3) is 0.652. The molecule has 1 unspecified atom stereocenters. The van der Waals surface area contributed by atoms with E-state index in [4.69, 9.17) is 9.47 Å². The van der Waals surface area contributed by atoms with E-state index in [1.54, 1.807) is 14.2 Å². The highest BCUT2D eigenvalue weighted by atomic mass is 16.5. The van der Waals surface area contributed by atoms with Gasteiger partial charge in [-0.15, -0.1) is 0 Å². The molecule has 0 radical (unpaired) electrons. The number of carboxylic acids is 1. The lowest BCUT2D eigenvalue weighted by molar-refractivity contribution is -0.142. The van der Waals surface area contributed by atoms with E-state index in [0.29, 0.717) is 37.6 Å². The molecule has 7 nitrogen and oxygen atoms in total. The van der Waals surface area contributed by atoms with Gasteiger partial charge in [0.2, 0.25) is 5.91 Å². The SMILES string of the molecule is CCCC(CCC)N(Cc1ccc(OC)c(OC)c1)C(=O)CN1CCC(C(=O)O)C1. The van der Waals surface area contributed by atoms with Gasteiger partial charge in [0.15, 0.2) is 11.5 Å². The molecule has 30 heavy (non-hydrogen) atoms. The van der Waals surface area contributed by atoms with Crippen molar-refractivity contribution in [3.63, 3.8) is 0 Å². The van der Waals surface area contributed by atoms with Gasteiger partial charge in [0, 0.05) is 19.1 Å². The molecule has 0 saturated carbocycles. The molecular weight excluding hydrogens is 384 g/mol. The van der Waals surface area contributed by atoms with E-state index in [1.165, 1.54) is 0 Å². The van der Waals surface area contributed by atoms with Crippen LogP contribution in [0.4, 0.5) is 0 Å². The van der Waals surface area contributed by atoms with Crippen LogP contribution >= 0.6 is 0 Å². The average Bonchev–Trinajstić information content (AvgIpc) is 3.20. The molecule has 0 spiro atoms. The molecule has 1 N–H and O–H groups in total. The molecule has 1 aliphatic rings. The minimum Gasteiger partial charge on any atom is -0.493 e. The van der Waals surface area contributed by atoms with Crippen molar-refractivity contribution in [2.75, 3.05) is 33.9 Å². The van der Waals surface area contributed by atoms with Crippen molar-refractivity contribution in [1.82, 2.24) is 9.80 Å². The minimum absolute atomic E-state index is 0.0581. The Bertz CT molecular complexity index is 703. The van der Waals surface area contributed by atoms with Gasteiger partial charge in [-0.3, -0.25) is 14.5 Å². The Labute approximate surface area is 179 Å². The first-order valence-electron chi connectivity index (χ1n) is 10.9. The van der Waals surface area contributed by atoms with Crippen molar-refractivity contribution in [2.45, 2.75) is 58.5 Å². The highest BCUT2D eigenvalue weighted by Gasteiger charge is 2.31. The normalized spacial score (nSPS) is 16.6. The number of amides is 1. The van der Waals surface area contributed by atoms with Crippen LogP contribution in [0.5, 0.6) is 11.5 Å². The summed E-state index contributed by atoms with van der Waals surface area (Å²) < 4.78 is 10.8. The third-order valence-corrected chi connectivity index (χ3v) is 5.79. The van der Waals surface area contributed by atoms with Crippen molar-refractivity contribution in [3.05, 3.63) is 23.8 Å². The zero-order valence-corrected chi connectivity index (χ0v) is 18.7. The van der Waals surface area contributed by atoms with Crippen molar-refractivity contribution in [1.29, 1.82) is 0 Å². The van der Waals surface area contributed by atoms with Crippen LogP contribution in [0.3, 0.4) is 0 Å². The maximum absolute atomic E-state index is 13.3. The zero-order chi connectivity index (χ0) is 22.1. The average molecular weight is 421 g/mol. The van der Waals surface area contributed by atoms with E-state index in [2.05, 4.69) is 13.8 Å². The first-order valence-corrected chi connectivity index (χ1v) is 10.9. The van der Waals surface area contributed by atoms with E-state index < -0.39 is 5.97 Å². The Morgan fingerprint density at radius 2 is 1.83 bits per heavy atom. The third-order valence-electron chi connectivity index (χ3n) is 5.79. The van der Waals surface area contributed by atoms with E-state index in [1.807, 2.05) is 28.0 Å². The van der Waals surface area contributed by atoms with E-state index in [-0.39, 0.29) is 24.4 Å². The first kappa shape index (κ1) is 24.0. The fourth-order valence-electron chi connectivity index (χ4n) is 4.18. The van der Waals surface area contributed by atoms with Gasteiger partial charge < -0.3 is 19.5 Å². The van der Waals surface area contributed by atoms with Gasteiger partial charge in [-0.25, -0.2) is 0 Å². The number of methoxy groups -OCH3 is 2. The van der Waals surface area contributed by atoms with Crippen molar-refractivity contribution < 1.29 is 24.2 Å². The molecule has 168 valence electrons. The molecule has 1 fully saturated rings. The molecule has 1 atom stereocenters. The second-order valence-corrected chi connectivity index (χ2v) is 8.00. The van der Waals surface area contributed by atoms with Crippen LogP contribution in [0.1, 0.15) is 51.5 Å². The van der Waals surface area contributed by atoms with Crippen LogP contribution < -0.4 is 9.47 Å². The molecule has 2 rings (SSSR count). The Balaban J connectivity index is 2.19. The summed E-state index contributed by atoms with van der Waals surface area (Å²) in [6.07, 6.45) is 4.51. The lowest BCUT2D eigenvalue weighted by Gasteiger charge is -2.33. The highest BCUT2D eigenvalue weighted by molar-refractivity contribution is 5.79. The van der Waals surface area contributed by atoms with E-state index in [0.717, 1.165) is 31.2 Å². The molecule has 7 heteroatoms. The number of nitrogens with zero attached hydrogens (tertiary/aromatic N) is 2. The number of hydrogen-bond acceptors (Lipinski definition) is 5. The number of carboxylic acid groups (broad SMARTS) is 1. The number of likely N-dealkylation sites (tertiary alicyclic amines) is 1. The zero-order valence-electron chi connectivity index (χ0n) is 18.7. The minimum atomic E-state index is -0.776. The number of benzene rings is 1. The molecule has 1 aromatic carbocycles. The topological polar surface area (TPSA) is 79.3 Å². The quantitative estimate of drug-likeness (QED) is 0.558. The molecule has 0 aliphatic carbocycles. The summed E-state index contributed by atoms with van der Waals surface area (Å²) in [5, 5.41) is 9.25. The van der Waals surface area contributed by atoms with Gasteiger partial charge in [-0.1, -0.05) is 32.8 Å². The number of hydrogen-bond donors (Lipinski definition) is 1. The summed E-state index contributed by atoms with van der Waals surface area (Å²) in [6, 6.07) is 5.92. The summed E-state index contributed by atoms with van der Waals surface area (Å²) in [7, 11) is 3.21. The van der Waals surface area contributed by atoms with Gasteiger partial charge in [-0.2, -0.15) is 0 Å². The van der Waals surface area contributed by atoms with E-state index in [9.17, 15) is 14.7 Å². The highest BCUT2D eigenvalue weighted by Crippen LogP contribution is 2.29. The Hall–Kier alpha value is -2.28. The molecule has 1 saturated heterocycles. The van der Waals surface area contributed by atoms with Gasteiger partial charge in [0.05, 0.1) is 26.7 Å². The summed E-state index contributed by atoms with van der Waals surface area (Å²) in [5.74, 6) is 0.215.